The van der Waals surface area contributed by atoms with E-state index in [0.717, 1.165) is 25.1 Å². The molecule has 0 aromatic heterocycles. The van der Waals surface area contributed by atoms with Crippen LogP contribution in [0.15, 0.2) is 42.5 Å². The maximum absolute atomic E-state index is 13.2. The van der Waals surface area contributed by atoms with Crippen molar-refractivity contribution in [2.45, 2.75) is 25.8 Å². The quantitative estimate of drug-likeness (QED) is 0.852. The number of amides is 1. The van der Waals surface area contributed by atoms with E-state index < -0.39 is 0 Å². The van der Waals surface area contributed by atoms with Crippen LogP contribution in [0.4, 0.5) is 0 Å². The molecule has 5 nitrogen and oxygen atoms in total. The Hall–Kier alpha value is -2.53. The lowest BCUT2D eigenvalue weighted by Gasteiger charge is -2.37. The summed E-state index contributed by atoms with van der Waals surface area (Å²) in [6, 6.07) is 14.2. The number of hydrogen-bond donors (Lipinski definition) is 1. The fraction of sp³-hybridized carbons (Fsp3) is 0.409. The Labute approximate surface area is 161 Å². The van der Waals surface area contributed by atoms with Crippen LogP contribution in [0.25, 0.3) is 0 Å². The molecule has 3 rings (SSSR count). The Morgan fingerprint density at radius 1 is 1.11 bits per heavy atom. The van der Waals surface area contributed by atoms with Crippen LogP contribution in [0.5, 0.6) is 11.5 Å². The molecule has 1 aliphatic rings. The van der Waals surface area contributed by atoms with Gasteiger partial charge in [0, 0.05) is 25.2 Å². The molecule has 1 heterocycles. The molecule has 0 radical (unpaired) electrons. The topological polar surface area (TPSA) is 50.8 Å². The number of carbonyl (C=O) groups is 1. The van der Waals surface area contributed by atoms with E-state index in [2.05, 4.69) is 36.5 Å². The van der Waals surface area contributed by atoms with Crippen molar-refractivity contribution in [3.63, 3.8) is 0 Å². The van der Waals surface area contributed by atoms with Gasteiger partial charge in [-0.3, -0.25) is 4.79 Å². The molecule has 0 spiro atoms. The van der Waals surface area contributed by atoms with E-state index in [9.17, 15) is 4.79 Å². The molecule has 144 valence electrons. The fourth-order valence-electron chi connectivity index (χ4n) is 3.63. The highest BCUT2D eigenvalue weighted by atomic mass is 16.5. The molecule has 1 N–H and O–H groups in total. The second-order valence-corrected chi connectivity index (χ2v) is 6.72. The van der Waals surface area contributed by atoms with Crippen LogP contribution in [0.3, 0.4) is 0 Å². The van der Waals surface area contributed by atoms with Crippen molar-refractivity contribution >= 4 is 5.91 Å². The summed E-state index contributed by atoms with van der Waals surface area (Å²) < 4.78 is 10.9. The Balaban J connectivity index is 1.83. The number of nitrogens with zero attached hydrogens (tertiary/aromatic N) is 1. The molecule has 1 saturated heterocycles. The van der Waals surface area contributed by atoms with Crippen molar-refractivity contribution in [3.05, 3.63) is 59.2 Å². The standard InChI is InChI=1S/C22H28N2O3/c1-4-16-8-10-17(11-9-16)19-15-23-12-13-24(19)22(25)14-18-20(26-2)6-5-7-21(18)27-3/h5-11,19,23H,4,12-15H2,1-3H3. The van der Waals surface area contributed by atoms with Crippen molar-refractivity contribution < 1.29 is 14.3 Å². The van der Waals surface area contributed by atoms with Gasteiger partial charge in [-0.15, -0.1) is 0 Å². The lowest BCUT2D eigenvalue weighted by atomic mass is 9.99. The summed E-state index contributed by atoms with van der Waals surface area (Å²) in [5.41, 5.74) is 3.27. The second-order valence-electron chi connectivity index (χ2n) is 6.72. The molecule has 2 aromatic carbocycles. The summed E-state index contributed by atoms with van der Waals surface area (Å²) in [6.07, 6.45) is 1.27. The van der Waals surface area contributed by atoms with Crippen LogP contribution >= 0.6 is 0 Å². The monoisotopic (exact) mass is 368 g/mol. The lowest BCUT2D eigenvalue weighted by Crippen LogP contribution is -2.49. The third kappa shape index (κ3) is 4.25. The molecule has 1 fully saturated rings. The predicted octanol–water partition coefficient (Wildman–Crippen LogP) is 2.98. The first-order valence-electron chi connectivity index (χ1n) is 9.46. The summed E-state index contributed by atoms with van der Waals surface area (Å²) in [5.74, 6) is 1.45. The first kappa shape index (κ1) is 19.2. The number of nitrogens with one attached hydrogen (secondary N) is 1. The number of hydrogen-bond acceptors (Lipinski definition) is 4. The minimum absolute atomic E-state index is 0.0397. The third-order valence-electron chi connectivity index (χ3n) is 5.19. The Morgan fingerprint density at radius 2 is 1.78 bits per heavy atom. The predicted molar refractivity (Wildman–Crippen MR) is 106 cm³/mol. The van der Waals surface area contributed by atoms with E-state index in [1.807, 2.05) is 23.1 Å². The number of methoxy groups -OCH3 is 2. The molecule has 0 saturated carbocycles. The van der Waals surface area contributed by atoms with Crippen LogP contribution in [0.1, 0.15) is 29.7 Å². The number of piperazine rings is 1. The zero-order chi connectivity index (χ0) is 19.2. The van der Waals surface area contributed by atoms with Gasteiger partial charge < -0.3 is 19.7 Å². The SMILES string of the molecule is CCc1ccc(C2CNCCN2C(=O)Cc2c(OC)cccc2OC)cc1. The first-order chi connectivity index (χ1) is 13.2. The molecule has 0 aliphatic carbocycles. The molecule has 5 heteroatoms. The Morgan fingerprint density at radius 3 is 2.37 bits per heavy atom. The van der Waals surface area contributed by atoms with E-state index >= 15 is 0 Å². The zero-order valence-electron chi connectivity index (χ0n) is 16.3. The van der Waals surface area contributed by atoms with E-state index in [4.69, 9.17) is 9.47 Å². The maximum Gasteiger partial charge on any atom is 0.227 e. The highest BCUT2D eigenvalue weighted by Crippen LogP contribution is 2.31. The molecule has 2 aromatic rings. The third-order valence-corrected chi connectivity index (χ3v) is 5.19. The molecule has 1 aliphatic heterocycles. The molecule has 1 unspecified atom stereocenters. The van der Waals surface area contributed by atoms with Crippen molar-refractivity contribution in [2.24, 2.45) is 0 Å². The van der Waals surface area contributed by atoms with E-state index in [-0.39, 0.29) is 18.4 Å². The smallest absolute Gasteiger partial charge is 0.227 e. The highest BCUT2D eigenvalue weighted by molar-refractivity contribution is 5.81. The van der Waals surface area contributed by atoms with Crippen LogP contribution < -0.4 is 14.8 Å². The van der Waals surface area contributed by atoms with Gasteiger partial charge in [-0.2, -0.15) is 0 Å². The Bertz CT molecular complexity index is 751. The molecular formula is C22H28N2O3. The number of ether oxygens (including phenoxy) is 2. The number of aryl methyl sites for hydroxylation is 1. The minimum atomic E-state index is 0.0397. The molecular weight excluding hydrogens is 340 g/mol. The van der Waals surface area contributed by atoms with Gasteiger partial charge in [0.05, 0.1) is 26.7 Å². The molecule has 1 atom stereocenters. The van der Waals surface area contributed by atoms with Crippen molar-refractivity contribution in [1.82, 2.24) is 10.2 Å². The minimum Gasteiger partial charge on any atom is -0.496 e. The highest BCUT2D eigenvalue weighted by Gasteiger charge is 2.29. The molecule has 27 heavy (non-hydrogen) atoms. The second kappa shape index (κ2) is 8.91. The molecule has 1 amide bonds. The van der Waals surface area contributed by atoms with Gasteiger partial charge in [0.2, 0.25) is 5.91 Å². The molecule has 0 bridgehead atoms. The van der Waals surface area contributed by atoms with Gasteiger partial charge in [-0.25, -0.2) is 0 Å². The summed E-state index contributed by atoms with van der Waals surface area (Å²) in [5, 5.41) is 3.41. The first-order valence-corrected chi connectivity index (χ1v) is 9.46. The van der Waals surface area contributed by atoms with Crippen molar-refractivity contribution in [2.75, 3.05) is 33.9 Å². The van der Waals surface area contributed by atoms with Gasteiger partial charge >= 0.3 is 0 Å². The van der Waals surface area contributed by atoms with Crippen LogP contribution in [0, 0.1) is 0 Å². The zero-order valence-corrected chi connectivity index (χ0v) is 16.3. The fourth-order valence-corrected chi connectivity index (χ4v) is 3.63. The van der Waals surface area contributed by atoms with Crippen molar-refractivity contribution in [3.8, 4) is 11.5 Å². The largest absolute Gasteiger partial charge is 0.496 e. The van der Waals surface area contributed by atoms with E-state index in [1.165, 1.54) is 11.1 Å². The van der Waals surface area contributed by atoms with Crippen LogP contribution in [-0.2, 0) is 17.6 Å². The van der Waals surface area contributed by atoms with Gasteiger partial charge in [0.1, 0.15) is 11.5 Å². The normalized spacial score (nSPS) is 16.9. The van der Waals surface area contributed by atoms with Gasteiger partial charge in [0.25, 0.3) is 0 Å². The Kier molecular flexibility index (Phi) is 6.35. The average molecular weight is 368 g/mol. The summed E-state index contributed by atoms with van der Waals surface area (Å²) in [7, 11) is 3.23. The summed E-state index contributed by atoms with van der Waals surface area (Å²) in [6.45, 7) is 4.41. The van der Waals surface area contributed by atoms with Gasteiger partial charge in [-0.05, 0) is 29.7 Å². The summed E-state index contributed by atoms with van der Waals surface area (Å²) >= 11 is 0. The van der Waals surface area contributed by atoms with Gasteiger partial charge in [-0.1, -0.05) is 37.3 Å². The number of benzene rings is 2. The van der Waals surface area contributed by atoms with Gasteiger partial charge in [0.15, 0.2) is 0 Å². The van der Waals surface area contributed by atoms with E-state index in [1.54, 1.807) is 14.2 Å². The van der Waals surface area contributed by atoms with Crippen LogP contribution in [-0.4, -0.2) is 44.7 Å². The number of carbonyl (C=O) groups excluding carboxylic acids is 1. The van der Waals surface area contributed by atoms with E-state index in [0.29, 0.717) is 18.0 Å². The average Bonchev–Trinajstić information content (AvgIpc) is 2.73. The van der Waals surface area contributed by atoms with Crippen molar-refractivity contribution in [1.29, 1.82) is 0 Å². The number of rotatable bonds is 6. The lowest BCUT2D eigenvalue weighted by molar-refractivity contribution is -0.133. The van der Waals surface area contributed by atoms with Crippen LogP contribution in [0.2, 0.25) is 0 Å². The maximum atomic E-state index is 13.2. The summed E-state index contributed by atoms with van der Waals surface area (Å²) in [4.78, 5) is 15.2.